The van der Waals surface area contributed by atoms with Crippen LogP contribution in [0.25, 0.3) is 0 Å². The van der Waals surface area contributed by atoms with Crippen molar-refractivity contribution in [2.45, 2.75) is 50.0 Å². The van der Waals surface area contributed by atoms with E-state index in [0.29, 0.717) is 11.3 Å². The summed E-state index contributed by atoms with van der Waals surface area (Å²) in [5.41, 5.74) is 1.92. The fourth-order valence-corrected chi connectivity index (χ4v) is 5.20. The molecule has 0 spiro atoms. The Morgan fingerprint density at radius 3 is 2.54 bits per heavy atom. The van der Waals surface area contributed by atoms with Gasteiger partial charge in [0.05, 0.1) is 18.6 Å². The maximum Gasteiger partial charge on any atom is 0.247 e. The highest BCUT2D eigenvalue weighted by Gasteiger charge is 2.51. The molecular formula is C27H29FN2O5. The van der Waals surface area contributed by atoms with E-state index in [9.17, 15) is 24.2 Å². The molecule has 2 amide bonds. The van der Waals surface area contributed by atoms with Crippen molar-refractivity contribution in [3.63, 3.8) is 0 Å². The fraction of sp³-hybridized carbons (Fsp3) is 0.407. The molecular weight excluding hydrogens is 451 g/mol. The Hall–Kier alpha value is -3.23. The van der Waals surface area contributed by atoms with Crippen LogP contribution in [-0.2, 0) is 16.1 Å². The van der Waals surface area contributed by atoms with Crippen molar-refractivity contribution in [1.82, 2.24) is 10.2 Å². The van der Waals surface area contributed by atoms with Gasteiger partial charge in [-0.05, 0) is 42.7 Å². The number of benzene rings is 2. The molecule has 8 heteroatoms. The number of ether oxygens (including phenoxy) is 1. The van der Waals surface area contributed by atoms with Gasteiger partial charge in [-0.2, -0.15) is 0 Å². The highest BCUT2D eigenvalue weighted by Crippen LogP contribution is 2.47. The zero-order chi connectivity index (χ0) is 24.5. The number of halogens is 1. The van der Waals surface area contributed by atoms with Crippen LogP contribution in [0.15, 0.2) is 60.2 Å². The van der Waals surface area contributed by atoms with Gasteiger partial charge < -0.3 is 25.2 Å². The number of rotatable bonds is 7. The lowest BCUT2D eigenvalue weighted by Gasteiger charge is -2.42. The van der Waals surface area contributed by atoms with Crippen LogP contribution in [0.5, 0.6) is 5.75 Å². The van der Waals surface area contributed by atoms with E-state index in [1.807, 2.05) is 18.2 Å². The molecule has 0 radical (unpaired) electrons. The van der Waals surface area contributed by atoms with E-state index in [4.69, 9.17) is 4.74 Å². The minimum absolute atomic E-state index is 0.0869. The summed E-state index contributed by atoms with van der Waals surface area (Å²) >= 11 is 0. The van der Waals surface area contributed by atoms with Crippen molar-refractivity contribution in [2.24, 2.45) is 5.92 Å². The minimum atomic E-state index is -1.08. The SMILES string of the molecule is O=C(NCCO)C1=C[C@@H](N(Cc2ccc(F)cc2)C(=O)C2CCC2)[C@H](O)[C@H]2Oc3ccccc3[C@@H]12. The molecule has 5 rings (SSSR count). The lowest BCUT2D eigenvalue weighted by molar-refractivity contribution is -0.144. The summed E-state index contributed by atoms with van der Waals surface area (Å²) in [5, 5.41) is 23.4. The van der Waals surface area contributed by atoms with E-state index in [-0.39, 0.29) is 43.2 Å². The summed E-state index contributed by atoms with van der Waals surface area (Å²) in [4.78, 5) is 28.3. The third kappa shape index (κ3) is 4.44. The van der Waals surface area contributed by atoms with E-state index in [1.54, 1.807) is 29.2 Å². The molecule has 0 unspecified atom stereocenters. The first-order valence-electron chi connectivity index (χ1n) is 12.1. The molecule has 3 N–H and O–H groups in total. The zero-order valence-corrected chi connectivity index (χ0v) is 19.3. The standard InChI is InChI=1S/C27H29FN2O5/c28-18-10-8-16(9-11-18)15-30(27(34)17-4-3-5-17)21-14-20(26(33)29-12-13-31)23-19-6-1-2-7-22(19)35-25(23)24(21)32/h1-2,6-11,14,17,21,23-25,31-32H,3-5,12-13,15H2,(H,29,33)/t21-,23+,24+,25+/m1/s1. The number of carbonyl (C=O) groups excluding carboxylic acids is 2. The number of carbonyl (C=O) groups is 2. The molecule has 35 heavy (non-hydrogen) atoms. The van der Waals surface area contributed by atoms with Crippen LogP contribution in [0.2, 0.25) is 0 Å². The van der Waals surface area contributed by atoms with E-state index in [0.717, 1.165) is 30.4 Å². The first-order valence-corrected chi connectivity index (χ1v) is 12.1. The number of nitrogens with one attached hydrogen (secondary N) is 1. The second-order valence-electron chi connectivity index (χ2n) is 9.40. The van der Waals surface area contributed by atoms with Crippen molar-refractivity contribution in [1.29, 1.82) is 0 Å². The average molecular weight is 481 g/mol. The molecule has 3 aliphatic rings. The van der Waals surface area contributed by atoms with Gasteiger partial charge in [-0.15, -0.1) is 0 Å². The normalized spacial score (nSPS) is 24.9. The summed E-state index contributed by atoms with van der Waals surface area (Å²) in [6.07, 6.45) is 2.38. The monoisotopic (exact) mass is 480 g/mol. The van der Waals surface area contributed by atoms with Gasteiger partial charge in [-0.3, -0.25) is 9.59 Å². The van der Waals surface area contributed by atoms with E-state index in [1.165, 1.54) is 12.1 Å². The first kappa shape index (κ1) is 23.5. The number of para-hydroxylation sites is 1. The summed E-state index contributed by atoms with van der Waals surface area (Å²) < 4.78 is 19.6. The van der Waals surface area contributed by atoms with Crippen LogP contribution in [0, 0.1) is 11.7 Å². The van der Waals surface area contributed by atoms with Crippen LogP contribution in [0.1, 0.15) is 36.3 Å². The van der Waals surface area contributed by atoms with Gasteiger partial charge in [0, 0.05) is 30.1 Å². The van der Waals surface area contributed by atoms with Crippen molar-refractivity contribution < 1.29 is 28.9 Å². The maximum absolute atomic E-state index is 13.5. The number of aliphatic hydroxyl groups is 2. The maximum atomic E-state index is 13.5. The summed E-state index contributed by atoms with van der Waals surface area (Å²) in [5.74, 6) is -0.872. The zero-order valence-electron chi connectivity index (χ0n) is 19.3. The number of hydrogen-bond acceptors (Lipinski definition) is 5. The van der Waals surface area contributed by atoms with Gasteiger partial charge in [0.2, 0.25) is 11.8 Å². The number of aliphatic hydroxyl groups excluding tert-OH is 2. The third-order valence-corrected chi connectivity index (χ3v) is 7.24. The topological polar surface area (TPSA) is 99.1 Å². The molecule has 1 fully saturated rings. The molecule has 184 valence electrons. The Morgan fingerprint density at radius 2 is 1.86 bits per heavy atom. The molecule has 1 heterocycles. The summed E-state index contributed by atoms with van der Waals surface area (Å²) in [6.45, 7) is 0.0520. The summed E-state index contributed by atoms with van der Waals surface area (Å²) in [7, 11) is 0. The quantitative estimate of drug-likeness (QED) is 0.565. The smallest absolute Gasteiger partial charge is 0.247 e. The Balaban J connectivity index is 1.54. The molecule has 0 aromatic heterocycles. The van der Waals surface area contributed by atoms with Gasteiger partial charge in [0.1, 0.15) is 23.8 Å². The van der Waals surface area contributed by atoms with E-state index in [2.05, 4.69) is 5.32 Å². The molecule has 0 bridgehead atoms. The van der Waals surface area contributed by atoms with Crippen molar-refractivity contribution >= 4 is 11.8 Å². The van der Waals surface area contributed by atoms with E-state index < -0.39 is 24.2 Å². The van der Waals surface area contributed by atoms with Gasteiger partial charge >= 0.3 is 0 Å². The first-order chi connectivity index (χ1) is 17.0. The Labute approximate surface area is 203 Å². The molecule has 7 nitrogen and oxygen atoms in total. The molecule has 2 aliphatic carbocycles. The van der Waals surface area contributed by atoms with Crippen molar-refractivity contribution in [2.75, 3.05) is 13.2 Å². The number of fused-ring (bicyclic) bond motifs is 3. The number of nitrogens with zero attached hydrogens (tertiary/aromatic N) is 1. The highest BCUT2D eigenvalue weighted by atomic mass is 19.1. The minimum Gasteiger partial charge on any atom is -0.486 e. The van der Waals surface area contributed by atoms with Crippen LogP contribution in [0.3, 0.4) is 0 Å². The molecule has 0 saturated heterocycles. The van der Waals surface area contributed by atoms with Crippen molar-refractivity contribution in [3.8, 4) is 5.75 Å². The second kappa shape index (κ2) is 9.79. The Morgan fingerprint density at radius 1 is 1.11 bits per heavy atom. The predicted octanol–water partition coefficient (Wildman–Crippen LogP) is 2.28. The molecule has 2 aromatic carbocycles. The predicted molar refractivity (Wildman–Crippen MR) is 126 cm³/mol. The van der Waals surface area contributed by atoms with Crippen LogP contribution >= 0.6 is 0 Å². The molecule has 1 aliphatic heterocycles. The van der Waals surface area contributed by atoms with Crippen LogP contribution < -0.4 is 10.1 Å². The van der Waals surface area contributed by atoms with E-state index >= 15 is 0 Å². The van der Waals surface area contributed by atoms with Crippen LogP contribution in [0.4, 0.5) is 4.39 Å². The van der Waals surface area contributed by atoms with Gasteiger partial charge in [-0.25, -0.2) is 4.39 Å². The second-order valence-corrected chi connectivity index (χ2v) is 9.40. The lowest BCUT2D eigenvalue weighted by atomic mass is 9.76. The Bertz CT molecular complexity index is 1130. The molecule has 1 saturated carbocycles. The van der Waals surface area contributed by atoms with Gasteiger partial charge in [0.15, 0.2) is 0 Å². The van der Waals surface area contributed by atoms with Crippen molar-refractivity contribution in [3.05, 3.63) is 77.1 Å². The lowest BCUT2D eigenvalue weighted by Crippen LogP contribution is -2.56. The van der Waals surface area contributed by atoms with Gasteiger partial charge in [-0.1, -0.05) is 36.8 Å². The number of hydrogen-bond donors (Lipinski definition) is 3. The average Bonchev–Trinajstić information content (AvgIpc) is 3.22. The van der Waals surface area contributed by atoms with Gasteiger partial charge in [0.25, 0.3) is 0 Å². The largest absolute Gasteiger partial charge is 0.486 e. The fourth-order valence-electron chi connectivity index (χ4n) is 5.20. The third-order valence-electron chi connectivity index (χ3n) is 7.24. The summed E-state index contributed by atoms with van der Waals surface area (Å²) in [6, 6.07) is 12.5. The molecule has 2 aromatic rings. The van der Waals surface area contributed by atoms with Crippen LogP contribution in [-0.4, -0.2) is 58.3 Å². The Kier molecular flexibility index (Phi) is 6.58. The number of amides is 2. The highest BCUT2D eigenvalue weighted by molar-refractivity contribution is 5.96. The molecule has 4 atom stereocenters.